The van der Waals surface area contributed by atoms with Gasteiger partial charge in [0, 0.05) is 5.56 Å². The van der Waals surface area contributed by atoms with Gasteiger partial charge in [-0.15, -0.1) is 0 Å². The molecule has 1 saturated heterocycles. The van der Waals surface area contributed by atoms with Gasteiger partial charge in [-0.05, 0) is 63.2 Å². The van der Waals surface area contributed by atoms with Crippen LogP contribution in [0.3, 0.4) is 0 Å². The van der Waals surface area contributed by atoms with Crippen LogP contribution in [0.1, 0.15) is 37.0 Å². The van der Waals surface area contributed by atoms with Gasteiger partial charge in [0.1, 0.15) is 34.8 Å². The summed E-state index contributed by atoms with van der Waals surface area (Å²) in [7, 11) is 0. The van der Waals surface area contributed by atoms with E-state index in [1.165, 1.54) is 16.2 Å². The second kappa shape index (κ2) is 9.50. The van der Waals surface area contributed by atoms with E-state index in [0.29, 0.717) is 52.4 Å². The van der Waals surface area contributed by atoms with Gasteiger partial charge in [-0.1, -0.05) is 23.5 Å². The maximum atomic E-state index is 13.4. The lowest BCUT2D eigenvalue weighted by Gasteiger charge is -2.20. The Morgan fingerprint density at radius 3 is 2.50 bits per heavy atom. The first kappa shape index (κ1) is 23.6. The van der Waals surface area contributed by atoms with Crippen LogP contribution in [0, 0.1) is 6.92 Å². The van der Waals surface area contributed by atoms with Gasteiger partial charge in [-0.2, -0.15) is 0 Å². The summed E-state index contributed by atoms with van der Waals surface area (Å²) in [6, 6.07) is 14.7. The molecule has 9 heteroatoms. The second-order valence-corrected chi connectivity index (χ2v) is 9.15. The number of anilines is 1. The van der Waals surface area contributed by atoms with E-state index in [1.54, 1.807) is 43.3 Å². The molecule has 0 aliphatic carbocycles. The highest BCUT2D eigenvalue weighted by Crippen LogP contribution is 2.45. The molecule has 1 amide bonds. The number of carbonyl (C=O) groups excluding carboxylic acids is 2. The summed E-state index contributed by atoms with van der Waals surface area (Å²) in [6.45, 7) is 6.50. The molecule has 4 aromatic rings. The number of hydrogen-bond donors (Lipinski definition) is 1. The highest BCUT2D eigenvalue weighted by atomic mass is 32.1. The second-order valence-electron chi connectivity index (χ2n) is 8.14. The molecule has 2 aromatic carbocycles. The Morgan fingerprint density at radius 2 is 1.81 bits per heavy atom. The predicted molar refractivity (Wildman–Crippen MR) is 137 cm³/mol. The van der Waals surface area contributed by atoms with Gasteiger partial charge < -0.3 is 19.0 Å². The molecular formula is C27H24N2O6S. The lowest BCUT2D eigenvalue weighted by Crippen LogP contribution is -2.29. The molecule has 0 spiro atoms. The first-order valence-corrected chi connectivity index (χ1v) is 12.4. The minimum absolute atomic E-state index is 0.0720. The van der Waals surface area contributed by atoms with Crippen LogP contribution in [0.5, 0.6) is 11.5 Å². The quantitative estimate of drug-likeness (QED) is 0.198. The fourth-order valence-electron chi connectivity index (χ4n) is 4.21. The van der Waals surface area contributed by atoms with E-state index in [2.05, 4.69) is 4.98 Å². The van der Waals surface area contributed by atoms with Crippen molar-refractivity contribution < 1.29 is 28.6 Å². The van der Waals surface area contributed by atoms with Crippen molar-refractivity contribution in [3.05, 3.63) is 77.3 Å². The van der Waals surface area contributed by atoms with Crippen molar-refractivity contribution in [2.75, 3.05) is 18.1 Å². The van der Waals surface area contributed by atoms with E-state index in [0.717, 1.165) is 4.70 Å². The van der Waals surface area contributed by atoms with E-state index < -0.39 is 17.7 Å². The van der Waals surface area contributed by atoms with Crippen molar-refractivity contribution in [1.29, 1.82) is 0 Å². The number of aliphatic hydroxyl groups is 1. The van der Waals surface area contributed by atoms with Gasteiger partial charge in [0.2, 0.25) is 0 Å². The van der Waals surface area contributed by atoms with Gasteiger partial charge in [0.25, 0.3) is 5.78 Å². The topological polar surface area (TPSA) is 102 Å². The standard InChI is InChI=1S/C27H24N2O6S/c1-4-33-17-8-6-7-16(13-17)24(30)22-23(20-12-9-15(3)35-20)29(26(32)25(22)31)27-28-19-11-10-18(34-5-2)14-21(19)36-27/h6-14,23,30H,4-5H2,1-3H3. The average Bonchev–Trinajstić information content (AvgIpc) is 3.55. The summed E-state index contributed by atoms with van der Waals surface area (Å²) in [5.41, 5.74) is 0.953. The molecule has 1 unspecified atom stereocenters. The summed E-state index contributed by atoms with van der Waals surface area (Å²) in [5, 5.41) is 11.6. The summed E-state index contributed by atoms with van der Waals surface area (Å²) in [6.07, 6.45) is 0. The highest BCUT2D eigenvalue weighted by molar-refractivity contribution is 7.22. The molecule has 3 heterocycles. The highest BCUT2D eigenvalue weighted by Gasteiger charge is 2.49. The van der Waals surface area contributed by atoms with E-state index in [1.807, 2.05) is 32.0 Å². The zero-order valence-electron chi connectivity index (χ0n) is 20.0. The molecule has 2 aromatic heterocycles. The Kier molecular flexibility index (Phi) is 6.24. The number of rotatable bonds is 7. The monoisotopic (exact) mass is 504 g/mol. The number of ketones is 1. The van der Waals surface area contributed by atoms with Crippen molar-refractivity contribution in [1.82, 2.24) is 4.98 Å². The van der Waals surface area contributed by atoms with E-state index in [9.17, 15) is 14.7 Å². The Morgan fingerprint density at radius 1 is 1.06 bits per heavy atom. The van der Waals surface area contributed by atoms with Crippen molar-refractivity contribution in [3.63, 3.8) is 0 Å². The molecule has 0 bridgehead atoms. The number of fused-ring (bicyclic) bond motifs is 1. The first-order chi connectivity index (χ1) is 17.4. The number of aromatic nitrogens is 1. The van der Waals surface area contributed by atoms with Gasteiger partial charge in [-0.25, -0.2) is 4.98 Å². The Bertz CT molecular complexity index is 1500. The molecule has 1 N–H and O–H groups in total. The number of nitrogens with zero attached hydrogens (tertiary/aromatic N) is 2. The summed E-state index contributed by atoms with van der Waals surface area (Å²) >= 11 is 1.26. The van der Waals surface area contributed by atoms with Crippen LogP contribution in [0.25, 0.3) is 16.0 Å². The van der Waals surface area contributed by atoms with Crippen LogP contribution < -0.4 is 14.4 Å². The van der Waals surface area contributed by atoms with E-state index >= 15 is 0 Å². The molecule has 5 rings (SSSR count). The molecule has 1 aliphatic rings. The zero-order valence-corrected chi connectivity index (χ0v) is 20.8. The summed E-state index contributed by atoms with van der Waals surface area (Å²) in [4.78, 5) is 32.6. The van der Waals surface area contributed by atoms with Crippen LogP contribution in [0.15, 0.2) is 64.6 Å². The molecular weight excluding hydrogens is 480 g/mol. The number of thiazole rings is 1. The van der Waals surface area contributed by atoms with Crippen molar-refractivity contribution >= 4 is 44.1 Å². The van der Waals surface area contributed by atoms with Crippen molar-refractivity contribution in [3.8, 4) is 11.5 Å². The fraction of sp³-hybridized carbons (Fsp3) is 0.222. The largest absolute Gasteiger partial charge is 0.507 e. The van der Waals surface area contributed by atoms with Crippen LogP contribution in [0.4, 0.5) is 5.13 Å². The number of carbonyl (C=O) groups is 2. The molecule has 1 fully saturated rings. The van der Waals surface area contributed by atoms with Crippen LogP contribution >= 0.6 is 11.3 Å². The molecule has 0 saturated carbocycles. The number of hydrogen-bond acceptors (Lipinski definition) is 8. The first-order valence-electron chi connectivity index (χ1n) is 11.5. The third-order valence-corrected chi connectivity index (χ3v) is 6.78. The molecule has 0 radical (unpaired) electrons. The van der Waals surface area contributed by atoms with Crippen molar-refractivity contribution in [2.45, 2.75) is 26.8 Å². The molecule has 184 valence electrons. The molecule has 8 nitrogen and oxygen atoms in total. The molecule has 36 heavy (non-hydrogen) atoms. The van der Waals surface area contributed by atoms with E-state index in [-0.39, 0.29) is 11.3 Å². The average molecular weight is 505 g/mol. The van der Waals surface area contributed by atoms with Crippen LogP contribution in [-0.2, 0) is 9.59 Å². The third kappa shape index (κ3) is 4.11. The maximum Gasteiger partial charge on any atom is 0.302 e. The predicted octanol–water partition coefficient (Wildman–Crippen LogP) is 5.62. The zero-order chi connectivity index (χ0) is 25.4. The maximum absolute atomic E-state index is 13.4. The fourth-order valence-corrected chi connectivity index (χ4v) is 5.23. The third-order valence-electron chi connectivity index (χ3n) is 5.76. The number of aliphatic hydroxyl groups excluding tert-OH is 1. The van der Waals surface area contributed by atoms with Crippen LogP contribution in [0.2, 0.25) is 0 Å². The number of furan rings is 1. The number of benzene rings is 2. The van der Waals surface area contributed by atoms with Crippen molar-refractivity contribution in [2.24, 2.45) is 0 Å². The SMILES string of the molecule is CCOc1cccc(C(O)=C2C(=O)C(=O)N(c3nc4ccc(OCC)cc4s3)C2c2ccc(C)o2)c1. The number of ether oxygens (including phenoxy) is 2. The Balaban J connectivity index is 1.66. The minimum Gasteiger partial charge on any atom is -0.507 e. The van der Waals surface area contributed by atoms with Gasteiger partial charge in [0.05, 0.1) is 29.0 Å². The number of Topliss-reactive ketones (excluding diaryl/α,β-unsaturated/α-hetero) is 1. The van der Waals surface area contributed by atoms with E-state index in [4.69, 9.17) is 13.9 Å². The van der Waals surface area contributed by atoms with Gasteiger partial charge in [0.15, 0.2) is 5.13 Å². The summed E-state index contributed by atoms with van der Waals surface area (Å²) < 4.78 is 17.8. The minimum atomic E-state index is -0.985. The lowest BCUT2D eigenvalue weighted by atomic mass is 9.99. The molecule has 1 atom stereocenters. The van der Waals surface area contributed by atoms with Gasteiger partial charge in [-0.3, -0.25) is 14.5 Å². The van der Waals surface area contributed by atoms with Crippen LogP contribution in [-0.4, -0.2) is 35.0 Å². The Labute approximate surface area is 211 Å². The van der Waals surface area contributed by atoms with Gasteiger partial charge >= 0.3 is 5.91 Å². The summed E-state index contributed by atoms with van der Waals surface area (Å²) in [5.74, 6) is 0.273. The smallest absolute Gasteiger partial charge is 0.302 e. The Hall–Kier alpha value is -4.11. The molecule has 1 aliphatic heterocycles. The number of aryl methyl sites for hydroxylation is 1. The lowest BCUT2D eigenvalue weighted by molar-refractivity contribution is -0.132. The number of amides is 1. The normalized spacial score (nSPS) is 17.2.